The maximum Gasteiger partial charge on any atom is 0.333 e. The first-order valence-electron chi connectivity index (χ1n) is 6.57. The van der Waals surface area contributed by atoms with Crippen LogP contribution in [0.25, 0.3) is 0 Å². The van der Waals surface area contributed by atoms with Crippen molar-refractivity contribution in [3.63, 3.8) is 0 Å². The van der Waals surface area contributed by atoms with Crippen LogP contribution in [0.4, 0.5) is 4.79 Å². The third kappa shape index (κ3) is 3.17. The average Bonchev–Trinajstić information content (AvgIpc) is 2.51. The van der Waals surface area contributed by atoms with Gasteiger partial charge in [0.25, 0.3) is 17.4 Å². The van der Waals surface area contributed by atoms with Crippen molar-refractivity contribution in [3.05, 3.63) is 0 Å². The Balaban J connectivity index is 3.33. The first kappa shape index (κ1) is 19.0. The highest BCUT2D eigenvalue weighted by molar-refractivity contribution is 6.34. The van der Waals surface area contributed by atoms with Gasteiger partial charge in [0, 0.05) is 14.1 Å². The number of imide groups is 2. The van der Waals surface area contributed by atoms with Crippen molar-refractivity contribution >= 4 is 23.6 Å². The molecule has 2 N–H and O–H groups in total. The number of barbiturate groups is 1. The maximum absolute atomic E-state index is 12.6. The zero-order chi connectivity index (χ0) is 17.9. The van der Waals surface area contributed by atoms with Crippen LogP contribution in [0.15, 0.2) is 5.16 Å². The first-order valence-corrected chi connectivity index (χ1v) is 6.57. The van der Waals surface area contributed by atoms with Gasteiger partial charge in [-0.3, -0.25) is 29.1 Å². The molecule has 0 aromatic carbocycles. The van der Waals surface area contributed by atoms with E-state index in [4.69, 9.17) is 4.84 Å². The molecule has 130 valence electrons. The number of amides is 4. The number of oxime groups is 1. The normalized spacial score (nSPS) is 20.3. The van der Waals surface area contributed by atoms with Gasteiger partial charge in [-0.15, -0.1) is 0 Å². The molecule has 1 saturated heterocycles. The summed E-state index contributed by atoms with van der Waals surface area (Å²) in [5.41, 5.74) is -0.225. The number of aliphatic hydroxyl groups is 1. The van der Waals surface area contributed by atoms with Gasteiger partial charge in [0.05, 0.1) is 0 Å². The molecule has 1 unspecified atom stereocenters. The van der Waals surface area contributed by atoms with E-state index in [1.165, 1.54) is 47.1 Å². The molecule has 1 fully saturated rings. The minimum atomic E-state index is -2.27. The number of carbonyl (C=O) groups is 3. The standard InChI is InChI=1S/C12H21N5O6/c1-7(13-22-6)12(23-14-10(20)15(2)3)8(18)16(4)11(21)17(5)9(12)19/h10,14,20H,1-6H3/b13-7+. The molecule has 23 heavy (non-hydrogen) atoms. The number of nitrogens with zero attached hydrogens (tertiary/aromatic N) is 4. The van der Waals surface area contributed by atoms with E-state index < -0.39 is 29.8 Å². The quantitative estimate of drug-likeness (QED) is 0.252. The summed E-state index contributed by atoms with van der Waals surface area (Å²) in [6, 6.07) is -0.808. The fraction of sp³-hybridized carbons (Fsp3) is 0.667. The maximum atomic E-state index is 12.6. The van der Waals surface area contributed by atoms with Crippen molar-refractivity contribution in [3.8, 4) is 0 Å². The van der Waals surface area contributed by atoms with Gasteiger partial charge in [0.1, 0.15) is 12.8 Å². The Labute approximate surface area is 133 Å². The van der Waals surface area contributed by atoms with Crippen LogP contribution < -0.4 is 5.48 Å². The monoisotopic (exact) mass is 331 g/mol. The highest BCUT2D eigenvalue weighted by atomic mass is 16.7. The van der Waals surface area contributed by atoms with Crippen LogP contribution in [-0.2, 0) is 19.3 Å². The van der Waals surface area contributed by atoms with Crippen molar-refractivity contribution in [2.45, 2.75) is 18.9 Å². The molecule has 1 rings (SSSR count). The number of nitrogens with one attached hydrogen (secondary N) is 1. The summed E-state index contributed by atoms with van der Waals surface area (Å²) >= 11 is 0. The lowest BCUT2D eigenvalue weighted by Crippen LogP contribution is -2.72. The van der Waals surface area contributed by atoms with Gasteiger partial charge in [-0.2, -0.15) is 5.48 Å². The smallest absolute Gasteiger partial charge is 0.333 e. The Kier molecular flexibility index (Phi) is 5.77. The molecule has 11 nitrogen and oxygen atoms in total. The van der Waals surface area contributed by atoms with Crippen molar-refractivity contribution in [2.24, 2.45) is 5.16 Å². The number of hydrogen-bond donors (Lipinski definition) is 2. The zero-order valence-corrected chi connectivity index (χ0v) is 13.9. The molecule has 1 heterocycles. The van der Waals surface area contributed by atoms with Gasteiger partial charge in [-0.1, -0.05) is 5.16 Å². The lowest BCUT2D eigenvalue weighted by Gasteiger charge is -2.40. The number of rotatable bonds is 6. The van der Waals surface area contributed by atoms with Crippen molar-refractivity contribution in [1.82, 2.24) is 20.2 Å². The van der Waals surface area contributed by atoms with Gasteiger partial charge in [-0.05, 0) is 21.0 Å². The van der Waals surface area contributed by atoms with E-state index in [-0.39, 0.29) is 5.71 Å². The molecule has 0 bridgehead atoms. The fourth-order valence-corrected chi connectivity index (χ4v) is 1.88. The number of hydrogen-bond acceptors (Lipinski definition) is 9. The van der Waals surface area contributed by atoms with Crippen LogP contribution in [0.2, 0.25) is 0 Å². The van der Waals surface area contributed by atoms with Gasteiger partial charge in [0.15, 0.2) is 6.35 Å². The van der Waals surface area contributed by atoms with Crippen LogP contribution in [0.3, 0.4) is 0 Å². The number of carbonyl (C=O) groups excluding carboxylic acids is 3. The minimum Gasteiger partial charge on any atom is -0.399 e. The predicted molar refractivity (Wildman–Crippen MR) is 77.7 cm³/mol. The van der Waals surface area contributed by atoms with Gasteiger partial charge >= 0.3 is 6.03 Å². The van der Waals surface area contributed by atoms with E-state index >= 15 is 0 Å². The molecule has 1 aliphatic rings. The SMILES string of the molecule is CO/N=C(\C)C1(ONC(O)N(C)C)C(=O)N(C)C(=O)N(C)C1=O. The third-order valence-corrected chi connectivity index (χ3v) is 3.33. The lowest BCUT2D eigenvalue weighted by atomic mass is 9.93. The average molecular weight is 331 g/mol. The molecule has 0 spiro atoms. The highest BCUT2D eigenvalue weighted by Gasteiger charge is 2.60. The summed E-state index contributed by atoms with van der Waals surface area (Å²) in [4.78, 5) is 49.6. The summed E-state index contributed by atoms with van der Waals surface area (Å²) in [6.07, 6.45) is -1.31. The Morgan fingerprint density at radius 1 is 1.26 bits per heavy atom. The van der Waals surface area contributed by atoms with E-state index in [9.17, 15) is 19.5 Å². The van der Waals surface area contributed by atoms with Crippen molar-refractivity contribution < 1.29 is 29.2 Å². The molecular weight excluding hydrogens is 310 g/mol. The molecule has 4 amide bonds. The van der Waals surface area contributed by atoms with E-state index in [1.54, 1.807) is 0 Å². The summed E-state index contributed by atoms with van der Waals surface area (Å²) in [7, 11) is 6.71. The minimum absolute atomic E-state index is 0.139. The van der Waals surface area contributed by atoms with Crippen molar-refractivity contribution in [2.75, 3.05) is 35.3 Å². The summed E-state index contributed by atoms with van der Waals surface area (Å²) in [6.45, 7) is 1.33. The topological polar surface area (TPSA) is 124 Å². The largest absolute Gasteiger partial charge is 0.399 e. The van der Waals surface area contributed by atoms with Gasteiger partial charge in [0.2, 0.25) is 0 Å². The molecule has 0 saturated carbocycles. The molecule has 0 radical (unpaired) electrons. The molecule has 1 aliphatic heterocycles. The Hall–Kier alpha value is -2.08. The van der Waals surface area contributed by atoms with Crippen LogP contribution >= 0.6 is 0 Å². The van der Waals surface area contributed by atoms with E-state index in [2.05, 4.69) is 15.5 Å². The van der Waals surface area contributed by atoms with Gasteiger partial charge in [-0.25, -0.2) is 4.79 Å². The Morgan fingerprint density at radius 2 is 1.74 bits per heavy atom. The lowest BCUT2D eigenvalue weighted by molar-refractivity contribution is -0.192. The number of aliphatic hydroxyl groups excluding tert-OH is 1. The van der Waals surface area contributed by atoms with E-state index in [1.807, 2.05) is 0 Å². The number of hydroxylamine groups is 1. The molecule has 0 aromatic heterocycles. The zero-order valence-electron chi connectivity index (χ0n) is 13.9. The van der Waals surface area contributed by atoms with Crippen molar-refractivity contribution in [1.29, 1.82) is 0 Å². The van der Waals surface area contributed by atoms with E-state index in [0.717, 1.165) is 9.80 Å². The molecule has 0 aliphatic carbocycles. The molecule has 0 aromatic rings. The van der Waals surface area contributed by atoms with Crippen LogP contribution in [0.5, 0.6) is 0 Å². The number of urea groups is 1. The third-order valence-electron chi connectivity index (χ3n) is 3.33. The summed E-state index contributed by atoms with van der Waals surface area (Å²) < 4.78 is 0. The van der Waals surface area contributed by atoms with Crippen LogP contribution in [0.1, 0.15) is 6.92 Å². The predicted octanol–water partition coefficient (Wildman–Crippen LogP) is -1.84. The summed E-state index contributed by atoms with van der Waals surface area (Å²) in [5.74, 6) is -1.91. The molecular formula is C12H21N5O6. The molecule has 11 heteroatoms. The second-order valence-corrected chi connectivity index (χ2v) is 5.11. The fourth-order valence-electron chi connectivity index (χ4n) is 1.88. The first-order chi connectivity index (χ1) is 10.6. The Bertz CT molecular complexity index is 510. The Morgan fingerprint density at radius 3 is 2.13 bits per heavy atom. The van der Waals surface area contributed by atoms with Crippen LogP contribution in [-0.4, -0.2) is 90.6 Å². The second kappa shape index (κ2) is 7.00. The summed E-state index contributed by atoms with van der Waals surface area (Å²) in [5, 5.41) is 13.3. The highest BCUT2D eigenvalue weighted by Crippen LogP contribution is 2.25. The molecule has 1 atom stereocenters. The van der Waals surface area contributed by atoms with Crippen LogP contribution in [0, 0.1) is 0 Å². The second-order valence-electron chi connectivity index (χ2n) is 5.11. The van der Waals surface area contributed by atoms with E-state index in [0.29, 0.717) is 0 Å². The number of likely N-dealkylation sites (N-methyl/N-ethyl adjacent to an activating group) is 2. The van der Waals surface area contributed by atoms with Gasteiger partial charge < -0.3 is 9.94 Å².